The van der Waals surface area contributed by atoms with Crippen molar-refractivity contribution in [2.45, 2.75) is 49.8 Å². The van der Waals surface area contributed by atoms with Crippen LogP contribution in [0.1, 0.15) is 43.8 Å². The number of carboxylic acids is 2. The summed E-state index contributed by atoms with van der Waals surface area (Å²) in [6.07, 6.45) is 3.20. The Kier molecular flexibility index (Phi) is 5.11. The van der Waals surface area contributed by atoms with E-state index in [9.17, 15) is 24.2 Å². The molecule has 4 N–H and O–H groups in total. The molecule has 3 rings (SSSR count). The molecule has 7 heteroatoms. The van der Waals surface area contributed by atoms with Gasteiger partial charge in [-0.25, -0.2) is 14.0 Å². The Morgan fingerprint density at radius 1 is 1.27 bits per heavy atom. The van der Waals surface area contributed by atoms with E-state index in [0.29, 0.717) is 31.2 Å². The van der Waals surface area contributed by atoms with E-state index in [2.05, 4.69) is 5.32 Å². The summed E-state index contributed by atoms with van der Waals surface area (Å²) in [6, 6.07) is 5.62. The number of aliphatic hydroxyl groups is 1. The zero-order valence-corrected chi connectivity index (χ0v) is 14.2. The molecule has 1 heterocycles. The topological polar surface area (TPSA) is 107 Å². The van der Waals surface area contributed by atoms with Gasteiger partial charge in [0.2, 0.25) is 0 Å². The fraction of sp³-hybridized carbons (Fsp3) is 0.474. The molecule has 0 aromatic heterocycles. The first-order valence-electron chi connectivity index (χ1n) is 8.69. The van der Waals surface area contributed by atoms with Crippen LogP contribution in [0.3, 0.4) is 0 Å². The molecule has 1 aliphatic heterocycles. The largest absolute Gasteiger partial charge is 0.478 e. The summed E-state index contributed by atoms with van der Waals surface area (Å²) in [5.41, 5.74) is 0.118. The molecule has 1 saturated carbocycles. The van der Waals surface area contributed by atoms with E-state index in [1.165, 1.54) is 12.1 Å². The second-order valence-corrected chi connectivity index (χ2v) is 7.25. The molecule has 0 radical (unpaired) electrons. The Labute approximate surface area is 150 Å². The lowest BCUT2D eigenvalue weighted by Gasteiger charge is -2.28. The van der Waals surface area contributed by atoms with Crippen molar-refractivity contribution in [1.29, 1.82) is 0 Å². The van der Waals surface area contributed by atoms with Gasteiger partial charge in [0.05, 0.1) is 6.10 Å². The van der Waals surface area contributed by atoms with Crippen LogP contribution in [0, 0.1) is 11.7 Å². The van der Waals surface area contributed by atoms with Crippen LogP contribution >= 0.6 is 0 Å². The lowest BCUT2D eigenvalue weighted by Crippen LogP contribution is -2.43. The lowest BCUT2D eigenvalue weighted by atomic mass is 9.91. The third-order valence-electron chi connectivity index (χ3n) is 5.57. The van der Waals surface area contributed by atoms with Gasteiger partial charge in [-0.1, -0.05) is 12.1 Å². The highest BCUT2D eigenvalue weighted by atomic mass is 19.1. The van der Waals surface area contributed by atoms with Gasteiger partial charge in [0.1, 0.15) is 5.82 Å². The summed E-state index contributed by atoms with van der Waals surface area (Å²) in [6.45, 7) is 0. The Bertz CT molecular complexity index is 749. The van der Waals surface area contributed by atoms with E-state index in [0.717, 1.165) is 12.5 Å². The maximum Gasteiger partial charge on any atom is 0.332 e. The monoisotopic (exact) mass is 363 g/mol. The second kappa shape index (κ2) is 7.17. The molecule has 6 nitrogen and oxygen atoms in total. The Morgan fingerprint density at radius 2 is 2.00 bits per heavy atom. The highest BCUT2D eigenvalue weighted by Gasteiger charge is 2.47. The smallest absolute Gasteiger partial charge is 0.332 e. The van der Waals surface area contributed by atoms with Gasteiger partial charge in [-0.3, -0.25) is 0 Å². The number of hydrogen-bond acceptors (Lipinski definition) is 4. The molecule has 2 unspecified atom stereocenters. The summed E-state index contributed by atoms with van der Waals surface area (Å²) in [5.74, 6) is -3.20. The van der Waals surface area contributed by atoms with E-state index in [1.54, 1.807) is 12.1 Å². The van der Waals surface area contributed by atoms with Crippen molar-refractivity contribution < 1.29 is 29.3 Å². The molecule has 1 aliphatic carbocycles. The SMILES string of the molecule is O=C(O)/C=C(\C(=O)O)C1CCC2(CC[C@H]([C@H](O)c3cccc(F)c3)N2)C1. The Hall–Kier alpha value is -2.25. The molecule has 0 bridgehead atoms. The van der Waals surface area contributed by atoms with Crippen LogP contribution in [0.15, 0.2) is 35.9 Å². The molecule has 1 aromatic rings. The molecule has 2 aliphatic rings. The minimum absolute atomic E-state index is 0.0784. The van der Waals surface area contributed by atoms with Crippen molar-refractivity contribution >= 4 is 11.9 Å². The molecule has 4 atom stereocenters. The zero-order valence-electron chi connectivity index (χ0n) is 14.2. The van der Waals surface area contributed by atoms with Gasteiger partial charge in [0.15, 0.2) is 0 Å². The van der Waals surface area contributed by atoms with Gasteiger partial charge in [0.25, 0.3) is 0 Å². The number of carbonyl (C=O) groups is 2. The lowest BCUT2D eigenvalue weighted by molar-refractivity contribution is -0.135. The number of carboxylic acid groups (broad SMARTS) is 2. The van der Waals surface area contributed by atoms with E-state index in [1.807, 2.05) is 0 Å². The normalized spacial score (nSPS) is 29.8. The number of halogens is 1. The standard InChI is InChI=1S/C19H22FNO5/c20-13-3-1-2-11(8-13)17(24)15-5-7-19(21-15)6-4-12(10-19)14(18(25)26)9-16(22)23/h1-3,8-9,12,15,17,21,24H,4-7,10H2,(H,22,23)(H,25,26)/b14-9-/t12?,15-,17-,19?/m1/s1. The average molecular weight is 363 g/mol. The van der Waals surface area contributed by atoms with Gasteiger partial charge < -0.3 is 20.6 Å². The highest BCUT2D eigenvalue weighted by Crippen LogP contribution is 2.46. The summed E-state index contributed by atoms with van der Waals surface area (Å²) < 4.78 is 13.4. The number of hydrogen-bond donors (Lipinski definition) is 4. The van der Waals surface area contributed by atoms with Crippen molar-refractivity contribution in [2.24, 2.45) is 5.92 Å². The predicted octanol–water partition coefficient (Wildman–Crippen LogP) is 2.25. The Balaban J connectivity index is 1.70. The van der Waals surface area contributed by atoms with Crippen molar-refractivity contribution in [3.63, 3.8) is 0 Å². The molecule has 140 valence electrons. The quantitative estimate of drug-likeness (QED) is 0.598. The molecule has 26 heavy (non-hydrogen) atoms. The first-order chi connectivity index (χ1) is 12.3. The van der Waals surface area contributed by atoms with Crippen molar-refractivity contribution in [3.8, 4) is 0 Å². The van der Waals surface area contributed by atoms with Crippen LogP contribution in [0.4, 0.5) is 4.39 Å². The fourth-order valence-corrected chi connectivity index (χ4v) is 4.37. The molecular weight excluding hydrogens is 341 g/mol. The number of aliphatic hydroxyl groups excluding tert-OH is 1. The van der Waals surface area contributed by atoms with Gasteiger partial charge in [-0.05, 0) is 55.7 Å². The number of aliphatic carboxylic acids is 2. The minimum Gasteiger partial charge on any atom is -0.478 e. The highest BCUT2D eigenvalue weighted by molar-refractivity contribution is 5.95. The van der Waals surface area contributed by atoms with Gasteiger partial charge in [0, 0.05) is 23.2 Å². The third-order valence-corrected chi connectivity index (χ3v) is 5.57. The molecule has 2 fully saturated rings. The Morgan fingerprint density at radius 3 is 2.65 bits per heavy atom. The van der Waals surface area contributed by atoms with E-state index < -0.39 is 23.9 Å². The van der Waals surface area contributed by atoms with Crippen LogP contribution in [0.25, 0.3) is 0 Å². The third kappa shape index (κ3) is 3.78. The summed E-state index contributed by atoms with van der Waals surface area (Å²) in [4.78, 5) is 22.3. The van der Waals surface area contributed by atoms with Crippen molar-refractivity contribution in [1.82, 2.24) is 5.32 Å². The van der Waals surface area contributed by atoms with Crippen LogP contribution in [0.5, 0.6) is 0 Å². The maximum atomic E-state index is 13.4. The first-order valence-corrected chi connectivity index (χ1v) is 8.69. The van der Waals surface area contributed by atoms with Crippen LogP contribution in [-0.4, -0.2) is 38.8 Å². The molecule has 1 aromatic carbocycles. The first kappa shape index (κ1) is 18.5. The number of benzene rings is 1. The molecule has 0 amide bonds. The second-order valence-electron chi connectivity index (χ2n) is 7.25. The maximum absolute atomic E-state index is 13.4. The summed E-state index contributed by atoms with van der Waals surface area (Å²) >= 11 is 0. The fourth-order valence-electron chi connectivity index (χ4n) is 4.37. The summed E-state index contributed by atoms with van der Waals surface area (Å²) in [7, 11) is 0. The van der Waals surface area contributed by atoms with Gasteiger partial charge in [-0.15, -0.1) is 0 Å². The van der Waals surface area contributed by atoms with Crippen LogP contribution < -0.4 is 5.32 Å². The van der Waals surface area contributed by atoms with Crippen molar-refractivity contribution in [2.75, 3.05) is 0 Å². The molecule has 1 spiro atoms. The van der Waals surface area contributed by atoms with Crippen LogP contribution in [-0.2, 0) is 9.59 Å². The summed E-state index contributed by atoms with van der Waals surface area (Å²) in [5, 5.41) is 32.2. The van der Waals surface area contributed by atoms with E-state index in [4.69, 9.17) is 5.11 Å². The number of nitrogens with one attached hydrogen (secondary N) is 1. The van der Waals surface area contributed by atoms with Crippen molar-refractivity contribution in [3.05, 3.63) is 47.3 Å². The average Bonchev–Trinajstić information content (AvgIpc) is 3.19. The molecule has 1 saturated heterocycles. The zero-order chi connectivity index (χ0) is 18.9. The van der Waals surface area contributed by atoms with E-state index in [-0.39, 0.29) is 23.1 Å². The van der Waals surface area contributed by atoms with Gasteiger partial charge in [-0.2, -0.15) is 0 Å². The molecular formula is C19H22FNO5. The number of rotatable bonds is 5. The van der Waals surface area contributed by atoms with E-state index >= 15 is 0 Å². The van der Waals surface area contributed by atoms with Gasteiger partial charge >= 0.3 is 11.9 Å². The predicted molar refractivity (Wildman–Crippen MR) is 90.9 cm³/mol. The minimum atomic E-state index is -1.26. The van der Waals surface area contributed by atoms with Crippen LogP contribution in [0.2, 0.25) is 0 Å².